The van der Waals surface area contributed by atoms with Crippen molar-refractivity contribution in [3.05, 3.63) is 51.7 Å². The predicted molar refractivity (Wildman–Crippen MR) is 84.7 cm³/mol. The van der Waals surface area contributed by atoms with Crippen LogP contribution in [0.5, 0.6) is 5.75 Å². The van der Waals surface area contributed by atoms with E-state index in [1.54, 1.807) is 0 Å². The van der Waals surface area contributed by atoms with E-state index < -0.39 is 5.97 Å². The molecule has 2 aromatic rings. The van der Waals surface area contributed by atoms with E-state index in [1.165, 1.54) is 12.1 Å². The second-order valence-electron chi connectivity index (χ2n) is 4.93. The monoisotopic (exact) mass is 319 g/mol. The molecule has 0 saturated heterocycles. The molecule has 0 spiro atoms. The van der Waals surface area contributed by atoms with Gasteiger partial charge in [-0.3, -0.25) is 4.79 Å². The van der Waals surface area contributed by atoms with Gasteiger partial charge in [-0.1, -0.05) is 18.2 Å². The van der Waals surface area contributed by atoms with E-state index in [4.69, 9.17) is 9.84 Å². The van der Waals surface area contributed by atoms with Crippen molar-refractivity contribution in [2.45, 2.75) is 26.5 Å². The molecule has 0 fully saturated rings. The number of benzene rings is 1. The lowest BCUT2D eigenvalue weighted by Gasteiger charge is -2.14. The molecule has 2 rings (SSSR count). The molecule has 116 valence electrons. The maximum atomic E-state index is 12.1. The van der Waals surface area contributed by atoms with Gasteiger partial charge in [-0.25, -0.2) is 4.79 Å². The largest absolute Gasteiger partial charge is 0.491 e. The molecule has 1 amide bonds. The van der Waals surface area contributed by atoms with Crippen LogP contribution in [0.1, 0.15) is 38.8 Å². The van der Waals surface area contributed by atoms with Crippen LogP contribution >= 0.6 is 11.3 Å². The zero-order valence-electron chi connectivity index (χ0n) is 12.3. The Morgan fingerprint density at radius 3 is 2.50 bits per heavy atom. The number of ether oxygens (including phenoxy) is 1. The molecule has 6 heteroatoms. The van der Waals surface area contributed by atoms with E-state index in [2.05, 4.69) is 5.32 Å². The summed E-state index contributed by atoms with van der Waals surface area (Å²) in [5.41, 5.74) is 0.875. The van der Waals surface area contributed by atoms with Crippen LogP contribution in [0, 0.1) is 0 Å². The average Bonchev–Trinajstić information content (AvgIpc) is 2.95. The van der Waals surface area contributed by atoms with Gasteiger partial charge in [0.1, 0.15) is 10.6 Å². The Morgan fingerprint density at radius 2 is 1.86 bits per heavy atom. The van der Waals surface area contributed by atoms with E-state index in [-0.39, 0.29) is 16.9 Å². The molecule has 0 radical (unpaired) electrons. The van der Waals surface area contributed by atoms with Crippen molar-refractivity contribution in [2.24, 2.45) is 0 Å². The normalized spacial score (nSPS) is 10.5. The summed E-state index contributed by atoms with van der Waals surface area (Å²) in [6, 6.07) is 10.4. The van der Waals surface area contributed by atoms with E-state index in [0.717, 1.165) is 22.6 Å². The minimum Gasteiger partial charge on any atom is -0.491 e. The number of hydrogen-bond donors (Lipinski definition) is 2. The molecule has 2 N–H and O–H groups in total. The molecule has 0 aliphatic carbocycles. The van der Waals surface area contributed by atoms with Crippen LogP contribution in [0.15, 0.2) is 36.4 Å². The Morgan fingerprint density at radius 1 is 1.18 bits per heavy atom. The van der Waals surface area contributed by atoms with Gasteiger partial charge < -0.3 is 15.2 Å². The topological polar surface area (TPSA) is 75.6 Å². The number of para-hydroxylation sites is 1. The molecule has 1 aromatic carbocycles. The Hall–Kier alpha value is -2.34. The van der Waals surface area contributed by atoms with Gasteiger partial charge in [0, 0.05) is 12.1 Å². The maximum Gasteiger partial charge on any atom is 0.345 e. The van der Waals surface area contributed by atoms with Crippen LogP contribution in [-0.4, -0.2) is 23.1 Å². The number of nitrogens with one attached hydrogen (secondary N) is 1. The second kappa shape index (κ2) is 7.09. The number of carboxylic acid groups (broad SMARTS) is 1. The Labute approximate surface area is 132 Å². The van der Waals surface area contributed by atoms with Crippen molar-refractivity contribution < 1.29 is 19.4 Å². The van der Waals surface area contributed by atoms with Crippen molar-refractivity contribution >= 4 is 23.2 Å². The van der Waals surface area contributed by atoms with Crippen LogP contribution in [0.3, 0.4) is 0 Å². The van der Waals surface area contributed by atoms with E-state index >= 15 is 0 Å². The van der Waals surface area contributed by atoms with Gasteiger partial charge in [-0.05, 0) is 32.0 Å². The average molecular weight is 319 g/mol. The summed E-state index contributed by atoms with van der Waals surface area (Å²) in [7, 11) is 0. The smallest absolute Gasteiger partial charge is 0.345 e. The van der Waals surface area contributed by atoms with Crippen molar-refractivity contribution in [3.63, 3.8) is 0 Å². The van der Waals surface area contributed by atoms with E-state index in [0.29, 0.717) is 11.4 Å². The zero-order valence-corrected chi connectivity index (χ0v) is 13.1. The quantitative estimate of drug-likeness (QED) is 0.857. The minimum atomic E-state index is -1.03. The Balaban J connectivity index is 2.03. The number of carbonyl (C=O) groups is 2. The Bertz CT molecular complexity index is 678. The Kier molecular flexibility index (Phi) is 5.16. The lowest BCUT2D eigenvalue weighted by Crippen LogP contribution is -2.22. The first-order chi connectivity index (χ1) is 10.5. The fourth-order valence-electron chi connectivity index (χ4n) is 1.86. The molecule has 0 atom stereocenters. The summed E-state index contributed by atoms with van der Waals surface area (Å²) in [6.07, 6.45) is 0.0484. The second-order valence-corrected chi connectivity index (χ2v) is 6.01. The van der Waals surface area contributed by atoms with Crippen molar-refractivity contribution in [2.75, 3.05) is 0 Å². The van der Waals surface area contributed by atoms with Gasteiger partial charge in [0.05, 0.1) is 11.0 Å². The van der Waals surface area contributed by atoms with Crippen LogP contribution in [-0.2, 0) is 6.54 Å². The fraction of sp³-hybridized carbons (Fsp3) is 0.250. The van der Waals surface area contributed by atoms with Crippen LogP contribution < -0.4 is 10.1 Å². The third-order valence-corrected chi connectivity index (χ3v) is 3.89. The molecule has 0 aliphatic rings. The summed E-state index contributed by atoms with van der Waals surface area (Å²) in [6.45, 7) is 4.20. The van der Waals surface area contributed by atoms with Gasteiger partial charge in [-0.15, -0.1) is 11.3 Å². The molecule has 1 aromatic heterocycles. The molecular weight excluding hydrogens is 302 g/mol. The molecule has 1 heterocycles. The third-order valence-electron chi connectivity index (χ3n) is 2.82. The van der Waals surface area contributed by atoms with Gasteiger partial charge >= 0.3 is 5.97 Å². The highest BCUT2D eigenvalue weighted by molar-refractivity contribution is 7.15. The standard InChI is InChI=1S/C16H17NO4S/c1-10(2)21-12-6-4-3-5-11(12)9-17-15(18)13-7-8-14(22-13)16(19)20/h3-8,10H,9H2,1-2H3,(H,17,18)(H,19,20). The lowest BCUT2D eigenvalue weighted by molar-refractivity contribution is 0.0702. The summed E-state index contributed by atoms with van der Waals surface area (Å²) in [5.74, 6) is -0.591. The van der Waals surface area contributed by atoms with E-state index in [9.17, 15) is 9.59 Å². The lowest BCUT2D eigenvalue weighted by atomic mass is 10.2. The molecular formula is C16H17NO4S. The SMILES string of the molecule is CC(C)Oc1ccccc1CNC(=O)c1ccc(C(=O)O)s1. The number of amides is 1. The number of thiophene rings is 1. The third kappa shape index (κ3) is 4.08. The summed E-state index contributed by atoms with van der Waals surface area (Å²) < 4.78 is 5.69. The van der Waals surface area contributed by atoms with Gasteiger partial charge in [0.15, 0.2) is 0 Å². The highest BCUT2D eigenvalue weighted by Crippen LogP contribution is 2.20. The maximum absolute atomic E-state index is 12.1. The number of rotatable bonds is 6. The highest BCUT2D eigenvalue weighted by Gasteiger charge is 2.13. The summed E-state index contributed by atoms with van der Waals surface area (Å²) >= 11 is 0.956. The van der Waals surface area contributed by atoms with Gasteiger partial charge in [-0.2, -0.15) is 0 Å². The molecule has 5 nitrogen and oxygen atoms in total. The number of aromatic carboxylic acids is 1. The first-order valence-electron chi connectivity index (χ1n) is 6.83. The van der Waals surface area contributed by atoms with Crippen molar-refractivity contribution in [1.82, 2.24) is 5.32 Å². The number of carbonyl (C=O) groups excluding carboxylic acids is 1. The van der Waals surface area contributed by atoms with Crippen molar-refractivity contribution in [1.29, 1.82) is 0 Å². The first-order valence-corrected chi connectivity index (χ1v) is 7.65. The summed E-state index contributed by atoms with van der Waals surface area (Å²) in [4.78, 5) is 23.4. The van der Waals surface area contributed by atoms with Crippen LogP contribution in [0.4, 0.5) is 0 Å². The summed E-state index contributed by atoms with van der Waals surface area (Å²) in [5, 5.41) is 11.6. The molecule has 0 saturated carbocycles. The van der Waals surface area contributed by atoms with Crippen LogP contribution in [0.25, 0.3) is 0 Å². The van der Waals surface area contributed by atoms with E-state index in [1.807, 2.05) is 38.1 Å². The minimum absolute atomic E-state index is 0.0484. The molecule has 22 heavy (non-hydrogen) atoms. The predicted octanol–water partition coefficient (Wildman–Crippen LogP) is 3.16. The zero-order chi connectivity index (χ0) is 16.1. The fourth-order valence-corrected chi connectivity index (χ4v) is 2.62. The van der Waals surface area contributed by atoms with Gasteiger partial charge in [0.2, 0.25) is 0 Å². The molecule has 0 unspecified atom stereocenters. The molecule has 0 aliphatic heterocycles. The molecule has 0 bridgehead atoms. The highest BCUT2D eigenvalue weighted by atomic mass is 32.1. The van der Waals surface area contributed by atoms with Crippen molar-refractivity contribution in [3.8, 4) is 5.75 Å². The number of carboxylic acids is 1. The van der Waals surface area contributed by atoms with Crippen LogP contribution in [0.2, 0.25) is 0 Å². The first kappa shape index (κ1) is 16.0. The van der Waals surface area contributed by atoms with Gasteiger partial charge in [0.25, 0.3) is 5.91 Å². The number of hydrogen-bond acceptors (Lipinski definition) is 4.